The summed E-state index contributed by atoms with van der Waals surface area (Å²) in [4.78, 5) is 9.95. The van der Waals surface area contributed by atoms with Crippen LogP contribution >= 0.6 is 11.8 Å². The molecule has 1 atom stereocenters. The van der Waals surface area contributed by atoms with Crippen molar-refractivity contribution in [2.24, 2.45) is 5.73 Å². The minimum Gasteiger partial charge on any atom is -0.480 e. The number of rotatable bonds is 3. The van der Waals surface area contributed by atoms with Crippen LogP contribution in [-0.4, -0.2) is 29.1 Å². The maximum atomic E-state index is 9.95. The normalized spacial score (nSPS) is 13.2. The number of hydrogen-bond acceptors (Lipinski definition) is 3. The molecule has 1 unspecified atom stereocenters. The topological polar surface area (TPSA) is 63.3 Å². The zero-order valence-corrected chi connectivity index (χ0v) is 5.44. The van der Waals surface area contributed by atoms with Crippen LogP contribution in [0.15, 0.2) is 0 Å². The van der Waals surface area contributed by atoms with Crippen molar-refractivity contribution in [2.45, 2.75) is 6.04 Å². The largest absolute Gasteiger partial charge is 0.480 e. The third-order valence-electron chi connectivity index (χ3n) is 0.663. The Kier molecular flexibility index (Phi) is 3.64. The standard InChI is InChI=1S/C4H9NO2S/c1-8-2-3(5)4(6)7/h3H,2,5H2,1H3,(H,6,7). The van der Waals surface area contributed by atoms with E-state index in [1.165, 1.54) is 11.8 Å². The van der Waals surface area contributed by atoms with Crippen molar-refractivity contribution in [1.29, 1.82) is 0 Å². The summed E-state index contributed by atoms with van der Waals surface area (Å²) < 4.78 is 0. The Balaban J connectivity index is 3.32. The molecule has 0 amide bonds. The fraction of sp³-hybridized carbons (Fsp3) is 0.750. The van der Waals surface area contributed by atoms with E-state index in [2.05, 4.69) is 0 Å². The van der Waals surface area contributed by atoms with Gasteiger partial charge in [0.25, 0.3) is 0 Å². The molecular formula is C4H9NO2S. The highest BCUT2D eigenvalue weighted by molar-refractivity contribution is 7.98. The maximum absolute atomic E-state index is 9.95. The van der Waals surface area contributed by atoms with Crippen LogP contribution in [0.4, 0.5) is 0 Å². The van der Waals surface area contributed by atoms with Crippen molar-refractivity contribution in [3.05, 3.63) is 0 Å². The Bertz CT molecular complexity index is 86.1. The Labute approximate surface area is 52.3 Å². The van der Waals surface area contributed by atoms with Crippen LogP contribution in [0.2, 0.25) is 0 Å². The lowest BCUT2D eigenvalue weighted by Crippen LogP contribution is -2.32. The molecule has 0 aliphatic heterocycles. The monoisotopic (exact) mass is 135 g/mol. The first-order chi connectivity index (χ1) is 3.68. The first-order valence-corrected chi connectivity index (χ1v) is 3.55. The van der Waals surface area contributed by atoms with Gasteiger partial charge in [0, 0.05) is 5.75 Å². The molecule has 0 aromatic carbocycles. The molecule has 4 heteroatoms. The summed E-state index contributed by atoms with van der Waals surface area (Å²) in [5.41, 5.74) is 5.11. The van der Waals surface area contributed by atoms with E-state index < -0.39 is 12.0 Å². The molecule has 0 saturated carbocycles. The molecule has 3 nitrogen and oxygen atoms in total. The summed E-state index contributed by atoms with van der Waals surface area (Å²) in [5, 5.41) is 8.17. The first kappa shape index (κ1) is 7.78. The summed E-state index contributed by atoms with van der Waals surface area (Å²) in [7, 11) is 0. The van der Waals surface area contributed by atoms with Gasteiger partial charge >= 0.3 is 5.97 Å². The van der Waals surface area contributed by atoms with Crippen LogP contribution in [0.3, 0.4) is 0 Å². The summed E-state index contributed by atoms with van der Waals surface area (Å²) in [6.45, 7) is 0. The molecule has 0 heterocycles. The van der Waals surface area contributed by atoms with Gasteiger partial charge in [0.1, 0.15) is 6.04 Å². The lowest BCUT2D eigenvalue weighted by molar-refractivity contribution is -0.137. The average molecular weight is 135 g/mol. The lowest BCUT2D eigenvalue weighted by Gasteiger charge is -2.00. The molecular weight excluding hydrogens is 126 g/mol. The Morgan fingerprint density at radius 1 is 2.00 bits per heavy atom. The van der Waals surface area contributed by atoms with Crippen molar-refractivity contribution < 1.29 is 9.90 Å². The van der Waals surface area contributed by atoms with Crippen LogP contribution in [0, 0.1) is 0 Å². The van der Waals surface area contributed by atoms with Crippen LogP contribution < -0.4 is 5.73 Å². The number of nitrogens with two attached hydrogens (primary N) is 1. The predicted molar refractivity (Wildman–Crippen MR) is 34.0 cm³/mol. The van der Waals surface area contributed by atoms with Gasteiger partial charge in [-0.3, -0.25) is 4.79 Å². The third-order valence-corrected chi connectivity index (χ3v) is 1.36. The van der Waals surface area contributed by atoms with Gasteiger partial charge in [-0.2, -0.15) is 11.8 Å². The highest BCUT2D eigenvalue weighted by Crippen LogP contribution is 1.93. The smallest absolute Gasteiger partial charge is 0.321 e. The molecule has 0 aliphatic rings. The first-order valence-electron chi connectivity index (χ1n) is 2.15. The van der Waals surface area contributed by atoms with Crippen molar-refractivity contribution >= 4 is 17.7 Å². The van der Waals surface area contributed by atoms with Gasteiger partial charge in [-0.05, 0) is 6.26 Å². The highest BCUT2D eigenvalue weighted by atomic mass is 32.2. The van der Waals surface area contributed by atoms with E-state index in [1.54, 1.807) is 0 Å². The Morgan fingerprint density at radius 2 is 2.50 bits per heavy atom. The summed E-state index contributed by atoms with van der Waals surface area (Å²) in [6.07, 6.45) is 1.82. The third kappa shape index (κ3) is 2.87. The Morgan fingerprint density at radius 3 is 2.62 bits per heavy atom. The van der Waals surface area contributed by atoms with Crippen molar-refractivity contribution in [2.75, 3.05) is 12.0 Å². The molecule has 0 fully saturated rings. The second kappa shape index (κ2) is 3.74. The van der Waals surface area contributed by atoms with Gasteiger partial charge in [-0.15, -0.1) is 0 Å². The molecule has 0 aromatic rings. The fourth-order valence-corrected chi connectivity index (χ4v) is 0.753. The van der Waals surface area contributed by atoms with E-state index in [0.29, 0.717) is 5.75 Å². The van der Waals surface area contributed by atoms with Crippen molar-refractivity contribution in [3.63, 3.8) is 0 Å². The van der Waals surface area contributed by atoms with E-state index in [9.17, 15) is 4.79 Å². The molecule has 0 aromatic heterocycles. The molecule has 3 N–H and O–H groups in total. The summed E-state index contributed by atoms with van der Waals surface area (Å²) in [5.74, 6) is -0.450. The average Bonchev–Trinajstić information content (AvgIpc) is 1.67. The molecule has 48 valence electrons. The van der Waals surface area contributed by atoms with Crippen LogP contribution in [0.1, 0.15) is 0 Å². The van der Waals surface area contributed by atoms with Crippen LogP contribution in [0.5, 0.6) is 0 Å². The van der Waals surface area contributed by atoms with E-state index in [-0.39, 0.29) is 0 Å². The minimum absolute atomic E-state index is 0.481. The predicted octanol–water partition coefficient (Wildman–Crippen LogP) is -0.239. The summed E-state index contributed by atoms with van der Waals surface area (Å²) >= 11 is 1.43. The quantitative estimate of drug-likeness (QED) is 0.560. The van der Waals surface area contributed by atoms with E-state index in [4.69, 9.17) is 10.8 Å². The fourth-order valence-electron chi connectivity index (χ4n) is 0.251. The maximum Gasteiger partial charge on any atom is 0.321 e. The van der Waals surface area contributed by atoms with Crippen LogP contribution in [-0.2, 0) is 4.79 Å². The molecule has 8 heavy (non-hydrogen) atoms. The van der Waals surface area contributed by atoms with Gasteiger partial charge in [0.2, 0.25) is 0 Å². The van der Waals surface area contributed by atoms with Gasteiger partial charge in [-0.25, -0.2) is 0 Å². The van der Waals surface area contributed by atoms with Gasteiger partial charge in [0.05, 0.1) is 0 Å². The van der Waals surface area contributed by atoms with Crippen molar-refractivity contribution in [1.82, 2.24) is 0 Å². The highest BCUT2D eigenvalue weighted by Gasteiger charge is 2.08. The number of hydrogen-bond donors (Lipinski definition) is 2. The van der Waals surface area contributed by atoms with Crippen LogP contribution in [0.25, 0.3) is 0 Å². The van der Waals surface area contributed by atoms with Gasteiger partial charge in [-0.1, -0.05) is 0 Å². The summed E-state index contributed by atoms with van der Waals surface area (Å²) in [6, 6.07) is -0.704. The molecule has 0 radical (unpaired) electrons. The molecule has 0 saturated heterocycles. The number of thioether (sulfide) groups is 1. The number of aliphatic carboxylic acids is 1. The van der Waals surface area contributed by atoms with E-state index >= 15 is 0 Å². The second-order valence-electron chi connectivity index (χ2n) is 1.40. The molecule has 0 bridgehead atoms. The number of carbonyl (C=O) groups is 1. The minimum atomic E-state index is -0.931. The molecule has 0 aliphatic carbocycles. The van der Waals surface area contributed by atoms with Gasteiger partial charge in [0.15, 0.2) is 0 Å². The van der Waals surface area contributed by atoms with Crippen molar-refractivity contribution in [3.8, 4) is 0 Å². The molecule has 0 rings (SSSR count). The van der Waals surface area contributed by atoms with Gasteiger partial charge < -0.3 is 10.8 Å². The SMILES string of the molecule is CSCC(N)C(=O)O. The number of carboxylic acid groups (broad SMARTS) is 1. The Hall–Kier alpha value is -0.220. The number of carboxylic acids is 1. The second-order valence-corrected chi connectivity index (χ2v) is 2.31. The lowest BCUT2D eigenvalue weighted by atomic mass is 10.4. The zero-order valence-electron chi connectivity index (χ0n) is 4.63. The van der Waals surface area contributed by atoms with E-state index in [1.807, 2.05) is 6.26 Å². The molecule has 0 spiro atoms. The van der Waals surface area contributed by atoms with E-state index in [0.717, 1.165) is 0 Å². The zero-order chi connectivity index (χ0) is 6.57.